The van der Waals surface area contributed by atoms with Gasteiger partial charge < -0.3 is 14.8 Å². The van der Waals surface area contributed by atoms with Gasteiger partial charge in [0.25, 0.3) is 0 Å². The van der Waals surface area contributed by atoms with E-state index < -0.39 is 11.7 Å². The highest BCUT2D eigenvalue weighted by Crippen LogP contribution is 2.38. The van der Waals surface area contributed by atoms with Gasteiger partial charge in [0.15, 0.2) is 5.79 Å². The predicted octanol–water partition coefficient (Wildman–Crippen LogP) is 3.00. The molecule has 0 aromatic heterocycles. The van der Waals surface area contributed by atoms with Crippen LogP contribution < -0.4 is 5.32 Å². The van der Waals surface area contributed by atoms with Crippen LogP contribution in [0, 0.1) is 5.92 Å². The number of nitrogens with one attached hydrogen (secondary N) is 1. The maximum atomic E-state index is 13.1. The van der Waals surface area contributed by atoms with Gasteiger partial charge in [0.05, 0.1) is 6.61 Å². The summed E-state index contributed by atoms with van der Waals surface area (Å²) in [5.41, 5.74) is 0. The predicted molar refractivity (Wildman–Crippen MR) is 76.6 cm³/mol. The van der Waals surface area contributed by atoms with Gasteiger partial charge in [-0.1, -0.05) is 6.42 Å². The third-order valence-electron chi connectivity index (χ3n) is 5.12. The molecule has 6 heteroatoms. The second-order valence-corrected chi connectivity index (χ2v) is 6.90. The Morgan fingerprint density at radius 3 is 2.45 bits per heavy atom. The van der Waals surface area contributed by atoms with E-state index in [1.165, 1.54) is 6.42 Å². The zero-order valence-electron chi connectivity index (χ0n) is 12.9. The number of amides is 1. The molecule has 0 aromatic rings. The number of carbonyl (C=O) groups is 1. The number of rotatable bonds is 3. The Labute approximate surface area is 129 Å². The minimum Gasteiger partial charge on any atom is -0.353 e. The lowest BCUT2D eigenvalue weighted by molar-refractivity contribution is -0.186. The van der Waals surface area contributed by atoms with E-state index in [1.807, 2.05) is 0 Å². The minimum absolute atomic E-state index is 0.118. The van der Waals surface area contributed by atoms with Crippen LogP contribution in [0.1, 0.15) is 57.8 Å². The van der Waals surface area contributed by atoms with Crippen molar-refractivity contribution in [3.05, 3.63) is 0 Å². The summed E-state index contributed by atoms with van der Waals surface area (Å²) in [6, 6.07) is 0. The molecule has 1 atom stereocenters. The van der Waals surface area contributed by atoms with Crippen molar-refractivity contribution < 1.29 is 23.0 Å². The van der Waals surface area contributed by atoms with Gasteiger partial charge in [0, 0.05) is 38.1 Å². The molecule has 1 aliphatic heterocycles. The lowest BCUT2D eigenvalue weighted by atomic mass is 9.86. The van der Waals surface area contributed by atoms with Crippen LogP contribution in [0.3, 0.4) is 0 Å². The first-order chi connectivity index (χ1) is 10.5. The maximum absolute atomic E-state index is 13.1. The summed E-state index contributed by atoms with van der Waals surface area (Å²) in [5.74, 6) is -3.43. The van der Waals surface area contributed by atoms with Crippen LogP contribution in [-0.2, 0) is 14.3 Å². The van der Waals surface area contributed by atoms with Gasteiger partial charge in [-0.2, -0.15) is 0 Å². The Morgan fingerprint density at radius 2 is 1.77 bits per heavy atom. The Morgan fingerprint density at radius 1 is 1.09 bits per heavy atom. The van der Waals surface area contributed by atoms with Gasteiger partial charge in [-0.05, 0) is 25.7 Å². The molecule has 3 fully saturated rings. The van der Waals surface area contributed by atoms with E-state index in [0.717, 1.165) is 25.7 Å². The van der Waals surface area contributed by atoms with Gasteiger partial charge in [0.2, 0.25) is 11.8 Å². The van der Waals surface area contributed by atoms with E-state index in [1.54, 1.807) is 0 Å². The first kappa shape index (κ1) is 16.1. The Hall–Kier alpha value is -0.750. The molecule has 1 unspecified atom stereocenters. The fourth-order valence-corrected chi connectivity index (χ4v) is 3.73. The largest absolute Gasteiger partial charge is 0.353 e. The van der Waals surface area contributed by atoms with Crippen LogP contribution in [0.4, 0.5) is 8.78 Å². The average molecular weight is 317 g/mol. The number of carbonyl (C=O) groups excluding carboxylic acids is 1. The van der Waals surface area contributed by atoms with Crippen LogP contribution >= 0.6 is 0 Å². The molecule has 3 rings (SSSR count). The van der Waals surface area contributed by atoms with Crippen molar-refractivity contribution in [3.8, 4) is 0 Å². The van der Waals surface area contributed by atoms with E-state index in [0.29, 0.717) is 13.2 Å². The van der Waals surface area contributed by atoms with E-state index in [2.05, 4.69) is 5.32 Å². The van der Waals surface area contributed by atoms with Gasteiger partial charge >= 0.3 is 0 Å². The molecule has 22 heavy (non-hydrogen) atoms. The lowest BCUT2D eigenvalue weighted by Gasteiger charge is -2.32. The van der Waals surface area contributed by atoms with Gasteiger partial charge in [-0.25, -0.2) is 8.78 Å². The van der Waals surface area contributed by atoms with Crippen molar-refractivity contribution in [2.24, 2.45) is 5.92 Å². The van der Waals surface area contributed by atoms with E-state index in [-0.39, 0.29) is 43.6 Å². The highest BCUT2D eigenvalue weighted by molar-refractivity contribution is 5.78. The summed E-state index contributed by atoms with van der Waals surface area (Å²) >= 11 is 0. The molecule has 2 aliphatic carbocycles. The summed E-state index contributed by atoms with van der Waals surface area (Å²) in [6.07, 6.45) is 5.37. The molecule has 126 valence electrons. The highest BCUT2D eigenvalue weighted by atomic mass is 19.3. The Balaban J connectivity index is 1.40. The molecule has 1 spiro atoms. The van der Waals surface area contributed by atoms with Gasteiger partial charge in [-0.15, -0.1) is 0 Å². The summed E-state index contributed by atoms with van der Waals surface area (Å²) < 4.78 is 38.0. The summed E-state index contributed by atoms with van der Waals surface area (Å²) in [5, 5.41) is 2.85. The molecule has 1 saturated heterocycles. The fraction of sp³-hybridized carbons (Fsp3) is 0.938. The fourth-order valence-electron chi connectivity index (χ4n) is 3.73. The van der Waals surface area contributed by atoms with Crippen LogP contribution in [0.2, 0.25) is 0 Å². The molecule has 1 amide bonds. The average Bonchev–Trinajstić information content (AvgIpc) is 2.88. The van der Waals surface area contributed by atoms with Crippen molar-refractivity contribution in [1.29, 1.82) is 0 Å². The quantitative estimate of drug-likeness (QED) is 0.870. The maximum Gasteiger partial charge on any atom is 0.248 e. The summed E-state index contributed by atoms with van der Waals surface area (Å²) in [4.78, 5) is 12.1. The molecule has 2 saturated carbocycles. The van der Waals surface area contributed by atoms with Crippen molar-refractivity contribution in [3.63, 3.8) is 0 Å². The standard InChI is InChI=1S/C16H25F2NO3/c17-15(18)8-4-12(5-9-15)14(20)19-10-13-11-21-16(22-13)6-2-1-3-7-16/h12-13H,1-11H2,(H,19,20). The molecular weight excluding hydrogens is 292 g/mol. The molecule has 4 nitrogen and oxygen atoms in total. The number of hydrogen-bond acceptors (Lipinski definition) is 3. The number of ether oxygens (including phenoxy) is 2. The monoisotopic (exact) mass is 317 g/mol. The molecule has 0 radical (unpaired) electrons. The second-order valence-electron chi connectivity index (χ2n) is 6.90. The number of alkyl halides is 2. The zero-order valence-corrected chi connectivity index (χ0v) is 12.9. The topological polar surface area (TPSA) is 47.6 Å². The molecule has 1 N–H and O–H groups in total. The molecule has 3 aliphatic rings. The number of hydrogen-bond donors (Lipinski definition) is 1. The van der Waals surface area contributed by atoms with Crippen molar-refractivity contribution in [2.75, 3.05) is 13.2 Å². The van der Waals surface area contributed by atoms with Crippen LogP contribution in [0.25, 0.3) is 0 Å². The third-order valence-corrected chi connectivity index (χ3v) is 5.12. The molecular formula is C16H25F2NO3. The first-order valence-electron chi connectivity index (χ1n) is 8.45. The first-order valence-corrected chi connectivity index (χ1v) is 8.45. The molecule has 0 aromatic carbocycles. The zero-order chi connectivity index (χ0) is 15.6. The van der Waals surface area contributed by atoms with E-state index in [9.17, 15) is 13.6 Å². The number of halogens is 2. The second kappa shape index (κ2) is 6.40. The molecule has 0 bridgehead atoms. The lowest BCUT2D eigenvalue weighted by Crippen LogP contribution is -2.41. The minimum atomic E-state index is -2.59. The van der Waals surface area contributed by atoms with Crippen molar-refractivity contribution in [2.45, 2.75) is 75.6 Å². The Kier molecular flexibility index (Phi) is 4.69. The van der Waals surface area contributed by atoms with Crippen LogP contribution in [0.15, 0.2) is 0 Å². The van der Waals surface area contributed by atoms with Gasteiger partial charge in [-0.3, -0.25) is 4.79 Å². The molecule has 1 heterocycles. The summed E-state index contributed by atoms with van der Waals surface area (Å²) in [7, 11) is 0. The van der Waals surface area contributed by atoms with Crippen LogP contribution in [0.5, 0.6) is 0 Å². The normalized spacial score (nSPS) is 31.3. The van der Waals surface area contributed by atoms with Crippen molar-refractivity contribution >= 4 is 5.91 Å². The summed E-state index contributed by atoms with van der Waals surface area (Å²) in [6.45, 7) is 0.913. The SMILES string of the molecule is O=C(NCC1COC2(CCCCC2)O1)C1CCC(F)(F)CC1. The van der Waals surface area contributed by atoms with Crippen LogP contribution in [-0.4, -0.2) is 36.9 Å². The van der Waals surface area contributed by atoms with E-state index in [4.69, 9.17) is 9.47 Å². The third kappa shape index (κ3) is 3.77. The highest BCUT2D eigenvalue weighted by Gasteiger charge is 2.42. The van der Waals surface area contributed by atoms with Gasteiger partial charge in [0.1, 0.15) is 6.10 Å². The van der Waals surface area contributed by atoms with Crippen molar-refractivity contribution in [1.82, 2.24) is 5.32 Å². The Bertz CT molecular complexity index is 400. The van der Waals surface area contributed by atoms with E-state index >= 15 is 0 Å². The smallest absolute Gasteiger partial charge is 0.248 e.